The van der Waals surface area contributed by atoms with Gasteiger partial charge in [-0.3, -0.25) is 0 Å². The first kappa shape index (κ1) is 15.8. The molecule has 0 aromatic heterocycles. The first-order chi connectivity index (χ1) is 10.2. The average molecular weight is 295 g/mol. The van der Waals surface area contributed by atoms with Crippen LogP contribution in [0.3, 0.4) is 0 Å². The molecule has 2 aliphatic carbocycles. The zero-order chi connectivity index (χ0) is 14.7. The SMILES string of the molecule is CC(C)C1CCC(CNC2CC2)(OCC2CCCO2)CC1. The molecule has 2 saturated carbocycles. The van der Waals surface area contributed by atoms with Crippen LogP contribution in [0.15, 0.2) is 0 Å². The van der Waals surface area contributed by atoms with Crippen molar-refractivity contribution in [2.24, 2.45) is 11.8 Å². The van der Waals surface area contributed by atoms with Gasteiger partial charge in [-0.1, -0.05) is 13.8 Å². The monoisotopic (exact) mass is 295 g/mol. The van der Waals surface area contributed by atoms with Crippen molar-refractivity contribution in [3.63, 3.8) is 0 Å². The Kier molecular flexibility index (Phi) is 5.23. The molecule has 1 heterocycles. The Hall–Kier alpha value is -0.120. The first-order valence-electron chi connectivity index (χ1n) is 9.16. The second-order valence-corrected chi connectivity index (χ2v) is 7.87. The van der Waals surface area contributed by atoms with Crippen LogP contribution < -0.4 is 5.32 Å². The Morgan fingerprint density at radius 2 is 1.90 bits per heavy atom. The standard InChI is InChI=1S/C18H33NO2/c1-14(2)15-7-9-18(10-8-15,13-19-16-5-6-16)21-12-17-4-3-11-20-17/h14-17,19H,3-13H2,1-2H3. The number of ether oxygens (including phenoxy) is 2. The topological polar surface area (TPSA) is 30.5 Å². The Morgan fingerprint density at radius 3 is 2.48 bits per heavy atom. The molecule has 1 N–H and O–H groups in total. The van der Waals surface area contributed by atoms with E-state index in [2.05, 4.69) is 19.2 Å². The lowest BCUT2D eigenvalue weighted by atomic mass is 9.74. The van der Waals surface area contributed by atoms with Crippen molar-refractivity contribution in [3.05, 3.63) is 0 Å². The molecule has 3 fully saturated rings. The van der Waals surface area contributed by atoms with Gasteiger partial charge in [0.05, 0.1) is 18.3 Å². The third kappa shape index (κ3) is 4.43. The minimum atomic E-state index is 0.0833. The molecule has 0 aromatic carbocycles. The van der Waals surface area contributed by atoms with Crippen molar-refractivity contribution in [2.75, 3.05) is 19.8 Å². The fraction of sp³-hybridized carbons (Fsp3) is 1.00. The normalized spacial score (nSPS) is 37.3. The molecule has 1 aliphatic heterocycles. The molecule has 3 nitrogen and oxygen atoms in total. The summed E-state index contributed by atoms with van der Waals surface area (Å²) in [5.41, 5.74) is 0.0833. The predicted molar refractivity (Wildman–Crippen MR) is 85.5 cm³/mol. The van der Waals surface area contributed by atoms with Gasteiger partial charge in [0.1, 0.15) is 0 Å². The van der Waals surface area contributed by atoms with Crippen LogP contribution in [0.5, 0.6) is 0 Å². The summed E-state index contributed by atoms with van der Waals surface area (Å²) in [6, 6.07) is 0.774. The summed E-state index contributed by atoms with van der Waals surface area (Å²) in [7, 11) is 0. The molecule has 0 radical (unpaired) electrons. The van der Waals surface area contributed by atoms with Gasteiger partial charge in [-0.05, 0) is 63.2 Å². The van der Waals surface area contributed by atoms with Crippen LogP contribution in [-0.4, -0.2) is 37.5 Å². The van der Waals surface area contributed by atoms with Gasteiger partial charge in [0.25, 0.3) is 0 Å². The van der Waals surface area contributed by atoms with Crippen LogP contribution in [0.1, 0.15) is 65.2 Å². The second kappa shape index (κ2) is 6.97. The first-order valence-corrected chi connectivity index (χ1v) is 9.16. The van der Waals surface area contributed by atoms with E-state index in [-0.39, 0.29) is 5.60 Å². The minimum absolute atomic E-state index is 0.0833. The Balaban J connectivity index is 1.52. The van der Waals surface area contributed by atoms with E-state index in [1.165, 1.54) is 51.4 Å². The maximum Gasteiger partial charge on any atom is 0.0809 e. The second-order valence-electron chi connectivity index (χ2n) is 7.87. The van der Waals surface area contributed by atoms with E-state index in [1.54, 1.807) is 0 Å². The number of nitrogens with one attached hydrogen (secondary N) is 1. The lowest BCUT2D eigenvalue weighted by Gasteiger charge is -2.42. The van der Waals surface area contributed by atoms with Crippen LogP contribution in [-0.2, 0) is 9.47 Å². The van der Waals surface area contributed by atoms with Gasteiger partial charge in [-0.2, -0.15) is 0 Å². The number of hydrogen-bond donors (Lipinski definition) is 1. The third-order valence-corrected chi connectivity index (χ3v) is 5.77. The summed E-state index contributed by atoms with van der Waals surface area (Å²) >= 11 is 0. The zero-order valence-corrected chi connectivity index (χ0v) is 13.9. The highest BCUT2D eigenvalue weighted by Gasteiger charge is 2.39. The fourth-order valence-corrected chi connectivity index (χ4v) is 3.87. The molecule has 0 bridgehead atoms. The molecular formula is C18H33NO2. The van der Waals surface area contributed by atoms with Crippen molar-refractivity contribution in [3.8, 4) is 0 Å². The van der Waals surface area contributed by atoms with Crippen molar-refractivity contribution in [2.45, 2.75) is 83.0 Å². The molecule has 0 amide bonds. The fourth-order valence-electron chi connectivity index (χ4n) is 3.87. The average Bonchev–Trinajstić information content (AvgIpc) is 3.18. The smallest absolute Gasteiger partial charge is 0.0809 e. The van der Waals surface area contributed by atoms with Crippen LogP contribution in [0.25, 0.3) is 0 Å². The summed E-state index contributed by atoms with van der Waals surface area (Å²) in [4.78, 5) is 0. The van der Waals surface area contributed by atoms with E-state index < -0.39 is 0 Å². The van der Waals surface area contributed by atoms with Crippen LogP contribution >= 0.6 is 0 Å². The molecule has 1 saturated heterocycles. The van der Waals surface area contributed by atoms with Gasteiger partial charge >= 0.3 is 0 Å². The van der Waals surface area contributed by atoms with Crippen molar-refractivity contribution in [1.29, 1.82) is 0 Å². The molecule has 3 rings (SSSR count). The maximum absolute atomic E-state index is 6.47. The van der Waals surface area contributed by atoms with Gasteiger partial charge in [-0.25, -0.2) is 0 Å². The molecular weight excluding hydrogens is 262 g/mol. The Bertz CT molecular complexity index is 313. The summed E-state index contributed by atoms with van der Waals surface area (Å²) in [5.74, 6) is 1.71. The van der Waals surface area contributed by atoms with Gasteiger partial charge in [-0.15, -0.1) is 0 Å². The zero-order valence-electron chi connectivity index (χ0n) is 13.9. The lowest BCUT2D eigenvalue weighted by molar-refractivity contribution is -0.108. The maximum atomic E-state index is 6.47. The summed E-state index contributed by atoms with van der Waals surface area (Å²) in [6.45, 7) is 7.52. The van der Waals surface area contributed by atoms with Crippen LogP contribution in [0, 0.1) is 11.8 Å². The van der Waals surface area contributed by atoms with Crippen molar-refractivity contribution >= 4 is 0 Å². The van der Waals surface area contributed by atoms with Gasteiger partial charge in [0.2, 0.25) is 0 Å². The summed E-state index contributed by atoms with van der Waals surface area (Å²) in [6.07, 6.45) is 10.6. The van der Waals surface area contributed by atoms with E-state index in [4.69, 9.17) is 9.47 Å². The molecule has 21 heavy (non-hydrogen) atoms. The van der Waals surface area contributed by atoms with Gasteiger partial charge < -0.3 is 14.8 Å². The minimum Gasteiger partial charge on any atom is -0.376 e. The third-order valence-electron chi connectivity index (χ3n) is 5.77. The largest absolute Gasteiger partial charge is 0.376 e. The van der Waals surface area contributed by atoms with Crippen LogP contribution in [0.4, 0.5) is 0 Å². The Labute approximate surface area is 130 Å². The summed E-state index contributed by atoms with van der Waals surface area (Å²) in [5, 5.41) is 3.72. The molecule has 1 atom stereocenters. The highest BCUT2D eigenvalue weighted by molar-refractivity contribution is 4.93. The van der Waals surface area contributed by atoms with E-state index in [0.717, 1.165) is 37.6 Å². The molecule has 3 aliphatic rings. The van der Waals surface area contributed by atoms with Crippen molar-refractivity contribution < 1.29 is 9.47 Å². The van der Waals surface area contributed by atoms with Crippen molar-refractivity contribution in [1.82, 2.24) is 5.32 Å². The molecule has 122 valence electrons. The van der Waals surface area contributed by atoms with Gasteiger partial charge in [0, 0.05) is 19.2 Å². The molecule has 0 aromatic rings. The highest BCUT2D eigenvalue weighted by atomic mass is 16.5. The lowest BCUT2D eigenvalue weighted by Crippen LogP contribution is -2.48. The molecule has 3 heteroatoms. The molecule has 1 unspecified atom stereocenters. The van der Waals surface area contributed by atoms with E-state index in [1.807, 2.05) is 0 Å². The van der Waals surface area contributed by atoms with Gasteiger partial charge in [0.15, 0.2) is 0 Å². The number of rotatable bonds is 7. The summed E-state index contributed by atoms with van der Waals surface area (Å²) < 4.78 is 12.2. The van der Waals surface area contributed by atoms with E-state index in [0.29, 0.717) is 6.10 Å². The quantitative estimate of drug-likeness (QED) is 0.779. The number of hydrogen-bond acceptors (Lipinski definition) is 3. The molecule has 0 spiro atoms. The van der Waals surface area contributed by atoms with E-state index >= 15 is 0 Å². The Morgan fingerprint density at radius 1 is 1.14 bits per heavy atom. The van der Waals surface area contributed by atoms with Crippen LogP contribution in [0.2, 0.25) is 0 Å². The highest BCUT2D eigenvalue weighted by Crippen LogP contribution is 2.38. The predicted octanol–water partition coefficient (Wildman–Crippen LogP) is 3.52. The van der Waals surface area contributed by atoms with E-state index in [9.17, 15) is 0 Å².